The highest BCUT2D eigenvalue weighted by Gasteiger charge is 2.23. The van der Waals surface area contributed by atoms with Crippen molar-refractivity contribution in [1.82, 2.24) is 15.3 Å². The average molecular weight is 382 g/mol. The highest BCUT2D eigenvalue weighted by atomic mass is 16.5. The second-order valence-corrected chi connectivity index (χ2v) is 6.67. The fourth-order valence-corrected chi connectivity index (χ4v) is 3.27. The first-order valence-corrected chi connectivity index (χ1v) is 9.41. The van der Waals surface area contributed by atoms with E-state index in [0.29, 0.717) is 24.0 Å². The van der Waals surface area contributed by atoms with Gasteiger partial charge in [0.25, 0.3) is 5.91 Å². The number of ether oxygens (including phenoxy) is 2. The number of amides is 1. The van der Waals surface area contributed by atoms with E-state index in [1.54, 1.807) is 25.6 Å². The summed E-state index contributed by atoms with van der Waals surface area (Å²) >= 11 is 0. The lowest BCUT2D eigenvalue weighted by atomic mass is 10.1. The minimum atomic E-state index is -0.155. The van der Waals surface area contributed by atoms with Crippen LogP contribution in [-0.2, 0) is 11.2 Å². The van der Waals surface area contributed by atoms with Crippen LogP contribution in [0.1, 0.15) is 18.4 Å². The van der Waals surface area contributed by atoms with E-state index in [4.69, 9.17) is 9.47 Å². The highest BCUT2D eigenvalue weighted by Crippen LogP contribution is 2.28. The number of allylic oxidation sites excluding steroid dienone is 1. The third-order valence-corrected chi connectivity index (χ3v) is 4.59. The van der Waals surface area contributed by atoms with Crippen LogP contribution in [0.15, 0.2) is 49.3 Å². The Kier molecular flexibility index (Phi) is 6.84. The number of rotatable bonds is 8. The lowest BCUT2D eigenvalue weighted by Crippen LogP contribution is -2.49. The predicted molar refractivity (Wildman–Crippen MR) is 108 cm³/mol. The van der Waals surface area contributed by atoms with Gasteiger partial charge in [0.1, 0.15) is 0 Å². The molecule has 1 unspecified atom stereocenters. The SMILES string of the molecule is C=CCc1ccc(OCC(=O)NC2CCCN(c3ncccn3)C2)c(OC)c1. The number of hydrogen-bond acceptors (Lipinski definition) is 6. The van der Waals surface area contributed by atoms with Crippen LogP contribution in [0.4, 0.5) is 5.95 Å². The third kappa shape index (κ3) is 5.22. The number of benzene rings is 1. The maximum absolute atomic E-state index is 12.4. The van der Waals surface area contributed by atoms with Crippen molar-refractivity contribution in [3.8, 4) is 11.5 Å². The Bertz CT molecular complexity index is 797. The Morgan fingerprint density at radius 1 is 1.36 bits per heavy atom. The van der Waals surface area contributed by atoms with Crippen LogP contribution in [0.2, 0.25) is 0 Å². The van der Waals surface area contributed by atoms with Crippen LogP contribution in [0.3, 0.4) is 0 Å². The number of aromatic nitrogens is 2. The molecule has 1 aromatic carbocycles. The second-order valence-electron chi connectivity index (χ2n) is 6.67. The van der Waals surface area contributed by atoms with Crippen molar-refractivity contribution in [3.05, 3.63) is 54.9 Å². The van der Waals surface area contributed by atoms with Crippen LogP contribution in [0, 0.1) is 0 Å². The normalized spacial score (nSPS) is 16.3. The van der Waals surface area contributed by atoms with Crippen molar-refractivity contribution in [1.29, 1.82) is 0 Å². The number of nitrogens with one attached hydrogen (secondary N) is 1. The molecule has 1 N–H and O–H groups in total. The summed E-state index contributed by atoms with van der Waals surface area (Å²) in [5, 5.41) is 3.04. The Morgan fingerprint density at radius 3 is 2.93 bits per heavy atom. The molecular formula is C21H26N4O3. The largest absolute Gasteiger partial charge is 0.493 e. The van der Waals surface area contributed by atoms with Crippen molar-refractivity contribution >= 4 is 11.9 Å². The van der Waals surface area contributed by atoms with E-state index in [9.17, 15) is 4.79 Å². The summed E-state index contributed by atoms with van der Waals surface area (Å²) in [6.07, 6.45) is 7.94. The third-order valence-electron chi connectivity index (χ3n) is 4.59. The zero-order valence-corrected chi connectivity index (χ0v) is 16.1. The average Bonchev–Trinajstić information content (AvgIpc) is 2.74. The first-order valence-electron chi connectivity index (χ1n) is 9.41. The number of carbonyl (C=O) groups is 1. The van der Waals surface area contributed by atoms with Gasteiger partial charge in [-0.15, -0.1) is 6.58 Å². The van der Waals surface area contributed by atoms with Crippen molar-refractivity contribution in [2.75, 3.05) is 31.7 Å². The molecular weight excluding hydrogens is 356 g/mol. The summed E-state index contributed by atoms with van der Waals surface area (Å²) in [5.41, 5.74) is 1.08. The van der Waals surface area contributed by atoms with Gasteiger partial charge in [-0.1, -0.05) is 12.1 Å². The molecule has 0 saturated carbocycles. The first-order chi connectivity index (χ1) is 13.7. The van der Waals surface area contributed by atoms with E-state index in [2.05, 4.69) is 26.8 Å². The molecule has 1 aromatic heterocycles. The Balaban J connectivity index is 1.52. The molecule has 0 spiro atoms. The van der Waals surface area contributed by atoms with Gasteiger partial charge < -0.3 is 19.7 Å². The molecule has 2 aromatic rings. The fraction of sp³-hybridized carbons (Fsp3) is 0.381. The maximum atomic E-state index is 12.4. The van der Waals surface area contributed by atoms with Gasteiger partial charge in [-0.2, -0.15) is 0 Å². The van der Waals surface area contributed by atoms with Crippen molar-refractivity contribution in [2.45, 2.75) is 25.3 Å². The van der Waals surface area contributed by atoms with Crippen LogP contribution < -0.4 is 19.7 Å². The molecule has 0 bridgehead atoms. The maximum Gasteiger partial charge on any atom is 0.258 e. The summed E-state index contributed by atoms with van der Waals surface area (Å²) in [7, 11) is 1.59. The molecule has 3 rings (SSSR count). The lowest BCUT2D eigenvalue weighted by molar-refractivity contribution is -0.123. The van der Waals surface area contributed by atoms with Gasteiger partial charge in [-0.3, -0.25) is 4.79 Å². The van der Waals surface area contributed by atoms with Crippen LogP contribution in [0.5, 0.6) is 11.5 Å². The fourth-order valence-electron chi connectivity index (χ4n) is 3.27. The second kappa shape index (κ2) is 9.73. The standard InChI is InChI=1S/C21H26N4O3/c1-3-6-16-8-9-18(19(13-16)27-2)28-15-20(26)24-17-7-4-12-25(14-17)21-22-10-5-11-23-21/h3,5,8-11,13,17H,1,4,6-7,12,14-15H2,2H3,(H,24,26). The molecule has 7 nitrogen and oxygen atoms in total. The van der Waals surface area contributed by atoms with Gasteiger partial charge in [0, 0.05) is 31.5 Å². The number of hydrogen-bond donors (Lipinski definition) is 1. The zero-order chi connectivity index (χ0) is 19.8. The number of carbonyl (C=O) groups excluding carboxylic acids is 1. The van der Waals surface area contributed by atoms with Gasteiger partial charge in [0.05, 0.1) is 7.11 Å². The number of methoxy groups -OCH3 is 1. The number of anilines is 1. The van der Waals surface area contributed by atoms with Crippen molar-refractivity contribution < 1.29 is 14.3 Å². The molecule has 0 radical (unpaired) electrons. The Labute approximate surface area is 165 Å². The monoisotopic (exact) mass is 382 g/mol. The van der Waals surface area contributed by atoms with Crippen LogP contribution >= 0.6 is 0 Å². The summed E-state index contributed by atoms with van der Waals surface area (Å²) in [6, 6.07) is 7.50. The van der Waals surface area contributed by atoms with Gasteiger partial charge >= 0.3 is 0 Å². The van der Waals surface area contributed by atoms with E-state index >= 15 is 0 Å². The molecule has 1 atom stereocenters. The summed E-state index contributed by atoms with van der Waals surface area (Å²) in [5.74, 6) is 1.70. The van der Waals surface area contributed by atoms with Crippen molar-refractivity contribution in [2.24, 2.45) is 0 Å². The topological polar surface area (TPSA) is 76.6 Å². The summed E-state index contributed by atoms with van der Waals surface area (Å²) in [4.78, 5) is 23.0. The van der Waals surface area contributed by atoms with E-state index in [-0.39, 0.29) is 18.6 Å². The van der Waals surface area contributed by atoms with Crippen LogP contribution in [-0.4, -0.2) is 48.7 Å². The van der Waals surface area contributed by atoms with E-state index in [1.807, 2.05) is 24.3 Å². The smallest absolute Gasteiger partial charge is 0.258 e. The quantitative estimate of drug-likeness (QED) is 0.707. The van der Waals surface area contributed by atoms with Gasteiger partial charge in [-0.05, 0) is 43.0 Å². The molecule has 1 fully saturated rings. The van der Waals surface area contributed by atoms with Crippen molar-refractivity contribution in [3.63, 3.8) is 0 Å². The minimum Gasteiger partial charge on any atom is -0.493 e. The molecule has 1 aliphatic rings. The number of piperidine rings is 1. The summed E-state index contributed by atoms with van der Waals surface area (Å²) in [6.45, 7) is 5.26. The summed E-state index contributed by atoms with van der Waals surface area (Å²) < 4.78 is 11.0. The molecule has 1 amide bonds. The predicted octanol–water partition coefficient (Wildman–Crippen LogP) is 2.38. The molecule has 148 valence electrons. The highest BCUT2D eigenvalue weighted by molar-refractivity contribution is 5.78. The Hall–Kier alpha value is -3.09. The van der Waals surface area contributed by atoms with Gasteiger partial charge in [0.2, 0.25) is 5.95 Å². The molecule has 1 saturated heterocycles. The molecule has 28 heavy (non-hydrogen) atoms. The lowest BCUT2D eigenvalue weighted by Gasteiger charge is -2.33. The number of nitrogens with zero attached hydrogens (tertiary/aromatic N) is 3. The van der Waals surface area contributed by atoms with Gasteiger partial charge in [0.15, 0.2) is 18.1 Å². The molecule has 1 aliphatic heterocycles. The zero-order valence-electron chi connectivity index (χ0n) is 16.1. The molecule has 7 heteroatoms. The first kappa shape index (κ1) is 19.7. The van der Waals surface area contributed by atoms with E-state index in [1.165, 1.54) is 0 Å². The van der Waals surface area contributed by atoms with E-state index in [0.717, 1.165) is 31.4 Å². The Morgan fingerprint density at radius 2 is 2.18 bits per heavy atom. The molecule has 2 heterocycles. The molecule has 0 aliphatic carbocycles. The van der Waals surface area contributed by atoms with Crippen LogP contribution in [0.25, 0.3) is 0 Å². The van der Waals surface area contributed by atoms with Gasteiger partial charge in [-0.25, -0.2) is 9.97 Å². The van der Waals surface area contributed by atoms with E-state index < -0.39 is 0 Å². The minimum absolute atomic E-state index is 0.0468.